The van der Waals surface area contributed by atoms with E-state index < -0.39 is 11.6 Å². The molecule has 2 N–H and O–H groups in total. The van der Waals surface area contributed by atoms with E-state index in [1.807, 2.05) is 24.3 Å². The summed E-state index contributed by atoms with van der Waals surface area (Å²) in [6.07, 6.45) is 1.62. The van der Waals surface area contributed by atoms with E-state index in [4.69, 9.17) is 31.5 Å². The Kier molecular flexibility index (Phi) is 7.59. The first-order chi connectivity index (χ1) is 16.0. The van der Waals surface area contributed by atoms with E-state index in [9.17, 15) is 8.78 Å². The van der Waals surface area contributed by atoms with E-state index in [0.717, 1.165) is 61.9 Å². The molecule has 0 bridgehead atoms. The van der Waals surface area contributed by atoms with Crippen LogP contribution in [0, 0.1) is 11.6 Å². The van der Waals surface area contributed by atoms with Gasteiger partial charge in [-0.05, 0) is 35.9 Å². The molecule has 2 aromatic carbocycles. The van der Waals surface area contributed by atoms with Crippen molar-refractivity contribution in [1.29, 1.82) is 0 Å². The number of benzene rings is 2. The van der Waals surface area contributed by atoms with Gasteiger partial charge in [0.2, 0.25) is 0 Å². The monoisotopic (exact) mass is 475 g/mol. The molecule has 1 aromatic heterocycles. The van der Waals surface area contributed by atoms with Crippen LogP contribution in [0.1, 0.15) is 5.56 Å². The van der Waals surface area contributed by atoms with E-state index in [0.29, 0.717) is 6.61 Å². The summed E-state index contributed by atoms with van der Waals surface area (Å²) in [5.74, 6) is -0.229. The van der Waals surface area contributed by atoms with E-state index >= 15 is 0 Å². The highest BCUT2D eigenvalue weighted by Gasteiger charge is 2.14. The normalized spacial score (nSPS) is 14.3. The van der Waals surface area contributed by atoms with Gasteiger partial charge in [0.25, 0.3) is 0 Å². The van der Waals surface area contributed by atoms with Gasteiger partial charge in [0.05, 0.1) is 18.2 Å². The lowest BCUT2D eigenvalue weighted by atomic mass is 10.1. The molecule has 2 heterocycles. The third kappa shape index (κ3) is 5.90. The van der Waals surface area contributed by atoms with Gasteiger partial charge in [-0.2, -0.15) is 0 Å². The summed E-state index contributed by atoms with van der Waals surface area (Å²) < 4.78 is 44.5. The number of halogens is 3. The van der Waals surface area contributed by atoms with Crippen LogP contribution in [0.15, 0.2) is 48.7 Å². The summed E-state index contributed by atoms with van der Waals surface area (Å²) in [6, 6.07) is 11.2. The number of nitrogens with two attached hydrogens (primary N) is 1. The molecule has 0 atom stereocenters. The average molecular weight is 476 g/mol. The first-order valence-corrected chi connectivity index (χ1v) is 10.9. The van der Waals surface area contributed by atoms with Gasteiger partial charge in [-0.1, -0.05) is 23.7 Å². The predicted octanol–water partition coefficient (Wildman–Crippen LogP) is 4.55. The summed E-state index contributed by atoms with van der Waals surface area (Å²) in [5, 5.41) is -0.318. The Balaban J connectivity index is 1.39. The largest absolute Gasteiger partial charge is 0.492 e. The molecule has 1 saturated heterocycles. The summed E-state index contributed by atoms with van der Waals surface area (Å²) >= 11 is 5.86. The highest BCUT2D eigenvalue weighted by molar-refractivity contribution is 6.31. The zero-order valence-electron chi connectivity index (χ0n) is 17.9. The number of nitrogen functional groups attached to an aromatic ring is 1. The molecular formula is C24H24ClF2N3O3. The molecule has 174 valence electrons. The van der Waals surface area contributed by atoms with Crippen LogP contribution < -0.4 is 15.2 Å². The zero-order chi connectivity index (χ0) is 23.2. The summed E-state index contributed by atoms with van der Waals surface area (Å²) in [5.41, 5.74) is 7.46. The van der Waals surface area contributed by atoms with E-state index in [-0.39, 0.29) is 28.8 Å². The Bertz CT molecular complexity index is 1090. The summed E-state index contributed by atoms with van der Waals surface area (Å²) in [7, 11) is 0. The number of pyridine rings is 1. The van der Waals surface area contributed by atoms with Gasteiger partial charge in [-0.25, -0.2) is 13.8 Å². The molecule has 1 aliphatic heterocycles. The molecule has 0 spiro atoms. The van der Waals surface area contributed by atoms with Crippen LogP contribution in [0.25, 0.3) is 11.1 Å². The lowest BCUT2D eigenvalue weighted by molar-refractivity contribution is 0.0322. The van der Waals surface area contributed by atoms with Crippen molar-refractivity contribution in [3.8, 4) is 22.6 Å². The van der Waals surface area contributed by atoms with Crippen molar-refractivity contribution in [2.45, 2.75) is 6.61 Å². The second kappa shape index (κ2) is 10.8. The van der Waals surface area contributed by atoms with E-state index in [1.165, 1.54) is 0 Å². The van der Waals surface area contributed by atoms with Crippen LogP contribution in [0.3, 0.4) is 0 Å². The van der Waals surface area contributed by atoms with Crippen molar-refractivity contribution in [3.63, 3.8) is 0 Å². The maximum absolute atomic E-state index is 14.0. The van der Waals surface area contributed by atoms with Crippen molar-refractivity contribution in [1.82, 2.24) is 9.88 Å². The van der Waals surface area contributed by atoms with Crippen molar-refractivity contribution < 1.29 is 23.0 Å². The molecule has 1 aliphatic rings. The minimum atomic E-state index is -0.719. The summed E-state index contributed by atoms with van der Waals surface area (Å²) in [4.78, 5) is 6.47. The first kappa shape index (κ1) is 23.2. The number of morpholine rings is 1. The van der Waals surface area contributed by atoms with Crippen LogP contribution in [-0.4, -0.2) is 49.3 Å². The Labute approximate surface area is 195 Å². The second-order valence-electron chi connectivity index (χ2n) is 7.54. The summed E-state index contributed by atoms with van der Waals surface area (Å²) in [6.45, 7) is 4.54. The fourth-order valence-corrected chi connectivity index (χ4v) is 3.65. The third-order valence-electron chi connectivity index (χ3n) is 5.36. The van der Waals surface area contributed by atoms with Crippen LogP contribution >= 0.6 is 11.6 Å². The fourth-order valence-electron chi connectivity index (χ4n) is 3.44. The Morgan fingerprint density at radius 3 is 2.48 bits per heavy atom. The molecule has 3 aromatic rings. The standard InChI is InChI=1S/C24H24ClF2N3O3/c25-23-19(20(26)5-6-21(23)27)15-33-22-13-17(14-29-24(22)28)16-1-3-18(4-2-16)32-12-9-30-7-10-31-11-8-30/h1-6,13-14H,7-12,15H2,(H2,28,29). The predicted molar refractivity (Wildman–Crippen MR) is 123 cm³/mol. The van der Waals surface area contributed by atoms with Gasteiger partial charge in [0, 0.05) is 37.0 Å². The number of ether oxygens (including phenoxy) is 3. The number of rotatable bonds is 8. The lowest BCUT2D eigenvalue weighted by Gasteiger charge is -2.26. The van der Waals surface area contributed by atoms with Gasteiger partial charge in [-0.3, -0.25) is 4.90 Å². The molecule has 0 radical (unpaired) electrons. The quantitative estimate of drug-likeness (QED) is 0.482. The van der Waals surface area contributed by atoms with Crippen molar-refractivity contribution in [2.24, 2.45) is 0 Å². The number of nitrogens with zero attached hydrogens (tertiary/aromatic N) is 2. The van der Waals surface area contributed by atoms with Gasteiger partial charge in [-0.15, -0.1) is 0 Å². The number of aromatic nitrogens is 1. The van der Waals surface area contributed by atoms with Crippen LogP contribution in [0.4, 0.5) is 14.6 Å². The maximum atomic E-state index is 14.0. The van der Waals surface area contributed by atoms with Crippen molar-refractivity contribution in [3.05, 3.63) is 70.9 Å². The third-order valence-corrected chi connectivity index (χ3v) is 5.77. The Morgan fingerprint density at radius 1 is 1.00 bits per heavy atom. The lowest BCUT2D eigenvalue weighted by Crippen LogP contribution is -2.38. The van der Waals surface area contributed by atoms with E-state index in [1.54, 1.807) is 12.3 Å². The van der Waals surface area contributed by atoms with E-state index in [2.05, 4.69) is 9.88 Å². The average Bonchev–Trinajstić information content (AvgIpc) is 2.84. The Hall–Kier alpha value is -2.94. The number of anilines is 1. The Morgan fingerprint density at radius 2 is 1.73 bits per heavy atom. The molecule has 4 rings (SSSR count). The minimum Gasteiger partial charge on any atom is -0.492 e. The maximum Gasteiger partial charge on any atom is 0.166 e. The van der Waals surface area contributed by atoms with Gasteiger partial charge in [0.1, 0.15) is 30.6 Å². The number of hydrogen-bond donors (Lipinski definition) is 1. The molecule has 33 heavy (non-hydrogen) atoms. The van der Waals surface area contributed by atoms with Crippen molar-refractivity contribution in [2.75, 3.05) is 45.2 Å². The second-order valence-corrected chi connectivity index (χ2v) is 7.92. The van der Waals surface area contributed by atoms with Gasteiger partial charge >= 0.3 is 0 Å². The molecule has 0 unspecified atom stereocenters. The minimum absolute atomic E-state index is 0.0833. The molecule has 6 nitrogen and oxygen atoms in total. The molecule has 0 amide bonds. The highest BCUT2D eigenvalue weighted by atomic mass is 35.5. The molecule has 1 fully saturated rings. The van der Waals surface area contributed by atoms with Gasteiger partial charge < -0.3 is 19.9 Å². The molecule has 9 heteroatoms. The van der Waals surface area contributed by atoms with Crippen molar-refractivity contribution >= 4 is 17.4 Å². The zero-order valence-corrected chi connectivity index (χ0v) is 18.7. The highest BCUT2D eigenvalue weighted by Crippen LogP contribution is 2.30. The van der Waals surface area contributed by atoms with Crippen LogP contribution in [-0.2, 0) is 11.3 Å². The smallest absolute Gasteiger partial charge is 0.166 e. The van der Waals surface area contributed by atoms with Gasteiger partial charge in [0.15, 0.2) is 11.6 Å². The molecular weight excluding hydrogens is 452 g/mol. The van der Waals surface area contributed by atoms with Crippen LogP contribution in [0.5, 0.6) is 11.5 Å². The van der Waals surface area contributed by atoms with Crippen LogP contribution in [0.2, 0.25) is 5.02 Å². The topological polar surface area (TPSA) is 69.8 Å². The molecule has 0 aliphatic carbocycles. The SMILES string of the molecule is Nc1ncc(-c2ccc(OCCN3CCOCC3)cc2)cc1OCc1c(F)ccc(F)c1Cl. The first-order valence-electron chi connectivity index (χ1n) is 10.6. The molecule has 0 saturated carbocycles. The number of hydrogen-bond acceptors (Lipinski definition) is 6. The fraction of sp³-hybridized carbons (Fsp3) is 0.292.